The highest BCUT2D eigenvalue weighted by atomic mass is 79.9. The SMILES string of the molecule is C[C@@H](CN)NC(=O)c1cnn(-c2ccc(Br)cc2)n1. The van der Waals surface area contributed by atoms with Gasteiger partial charge in [-0.2, -0.15) is 9.90 Å². The number of carbonyl (C=O) groups is 1. The molecule has 3 N–H and O–H groups in total. The van der Waals surface area contributed by atoms with Crippen molar-refractivity contribution in [3.63, 3.8) is 0 Å². The second-order valence-electron chi connectivity index (χ2n) is 4.11. The lowest BCUT2D eigenvalue weighted by molar-refractivity contribution is 0.0936. The van der Waals surface area contributed by atoms with Crippen LogP contribution in [0.25, 0.3) is 5.69 Å². The summed E-state index contributed by atoms with van der Waals surface area (Å²) in [6.45, 7) is 2.21. The van der Waals surface area contributed by atoms with E-state index in [4.69, 9.17) is 5.73 Å². The zero-order chi connectivity index (χ0) is 13.8. The van der Waals surface area contributed by atoms with E-state index in [2.05, 4.69) is 31.4 Å². The molecule has 19 heavy (non-hydrogen) atoms. The summed E-state index contributed by atoms with van der Waals surface area (Å²) < 4.78 is 0.971. The second kappa shape index (κ2) is 5.94. The van der Waals surface area contributed by atoms with E-state index in [1.165, 1.54) is 11.0 Å². The van der Waals surface area contributed by atoms with Gasteiger partial charge in [-0.3, -0.25) is 4.79 Å². The average Bonchev–Trinajstić information content (AvgIpc) is 2.89. The van der Waals surface area contributed by atoms with E-state index in [1.807, 2.05) is 31.2 Å². The van der Waals surface area contributed by atoms with Gasteiger partial charge in [0.05, 0.1) is 11.9 Å². The fraction of sp³-hybridized carbons (Fsp3) is 0.250. The molecule has 2 aromatic rings. The van der Waals surface area contributed by atoms with Crippen LogP contribution in [0.1, 0.15) is 17.4 Å². The molecule has 1 atom stereocenters. The lowest BCUT2D eigenvalue weighted by atomic mass is 10.3. The van der Waals surface area contributed by atoms with Gasteiger partial charge in [0.1, 0.15) is 0 Å². The van der Waals surface area contributed by atoms with E-state index < -0.39 is 0 Å². The number of rotatable bonds is 4. The van der Waals surface area contributed by atoms with E-state index >= 15 is 0 Å². The standard InChI is InChI=1S/C12H14BrN5O/c1-8(6-14)16-12(19)11-7-15-18(17-11)10-4-2-9(13)3-5-10/h2-5,7-8H,6,14H2,1H3,(H,16,19)/t8-/m0/s1. The second-order valence-corrected chi connectivity index (χ2v) is 5.02. The maximum atomic E-state index is 11.8. The van der Waals surface area contributed by atoms with E-state index in [-0.39, 0.29) is 17.6 Å². The quantitative estimate of drug-likeness (QED) is 0.882. The summed E-state index contributed by atoms with van der Waals surface area (Å²) in [6.07, 6.45) is 1.43. The highest BCUT2D eigenvalue weighted by Crippen LogP contribution is 2.12. The normalized spacial score (nSPS) is 12.2. The lowest BCUT2D eigenvalue weighted by Crippen LogP contribution is -2.38. The van der Waals surface area contributed by atoms with E-state index in [9.17, 15) is 4.79 Å². The Bertz CT molecular complexity index is 566. The molecule has 2 rings (SSSR count). The Morgan fingerprint density at radius 1 is 1.47 bits per heavy atom. The molecule has 1 amide bonds. The first kappa shape index (κ1) is 13.7. The molecule has 6 nitrogen and oxygen atoms in total. The minimum Gasteiger partial charge on any atom is -0.347 e. The molecule has 1 heterocycles. The van der Waals surface area contributed by atoms with Crippen LogP contribution in [0, 0.1) is 0 Å². The third-order valence-electron chi connectivity index (χ3n) is 2.51. The molecule has 0 radical (unpaired) electrons. The van der Waals surface area contributed by atoms with E-state index in [1.54, 1.807) is 0 Å². The van der Waals surface area contributed by atoms with Crippen molar-refractivity contribution in [1.29, 1.82) is 0 Å². The number of nitrogens with one attached hydrogen (secondary N) is 1. The predicted molar refractivity (Wildman–Crippen MR) is 75.0 cm³/mol. The van der Waals surface area contributed by atoms with Crippen molar-refractivity contribution >= 4 is 21.8 Å². The Labute approximate surface area is 119 Å². The molecular weight excluding hydrogens is 310 g/mol. The molecule has 0 aliphatic heterocycles. The summed E-state index contributed by atoms with van der Waals surface area (Å²) in [4.78, 5) is 13.2. The molecule has 0 saturated carbocycles. The fourth-order valence-corrected chi connectivity index (χ4v) is 1.69. The van der Waals surface area contributed by atoms with Crippen molar-refractivity contribution in [2.75, 3.05) is 6.54 Å². The maximum Gasteiger partial charge on any atom is 0.273 e. The molecule has 0 saturated heterocycles. The molecule has 0 spiro atoms. The molecule has 0 unspecified atom stereocenters. The topological polar surface area (TPSA) is 85.8 Å². The Morgan fingerprint density at radius 3 is 2.79 bits per heavy atom. The fourth-order valence-electron chi connectivity index (χ4n) is 1.42. The van der Waals surface area contributed by atoms with Gasteiger partial charge >= 0.3 is 0 Å². The largest absolute Gasteiger partial charge is 0.347 e. The van der Waals surface area contributed by atoms with Crippen LogP contribution in [0.5, 0.6) is 0 Å². The smallest absolute Gasteiger partial charge is 0.273 e. The monoisotopic (exact) mass is 323 g/mol. The third-order valence-corrected chi connectivity index (χ3v) is 3.04. The maximum absolute atomic E-state index is 11.8. The number of nitrogens with two attached hydrogens (primary N) is 1. The number of carbonyl (C=O) groups excluding carboxylic acids is 1. The van der Waals surface area contributed by atoms with Crippen molar-refractivity contribution in [3.05, 3.63) is 40.6 Å². The Morgan fingerprint density at radius 2 is 2.16 bits per heavy atom. The molecule has 0 aliphatic rings. The van der Waals surface area contributed by atoms with Crippen LogP contribution >= 0.6 is 15.9 Å². The highest BCUT2D eigenvalue weighted by molar-refractivity contribution is 9.10. The van der Waals surface area contributed by atoms with Crippen molar-refractivity contribution in [1.82, 2.24) is 20.3 Å². The van der Waals surface area contributed by atoms with Gasteiger partial charge in [-0.05, 0) is 31.2 Å². The van der Waals surface area contributed by atoms with Crippen LogP contribution in [0.3, 0.4) is 0 Å². The molecular formula is C12H14BrN5O. The summed E-state index contributed by atoms with van der Waals surface area (Å²) in [5.41, 5.74) is 6.50. The van der Waals surface area contributed by atoms with Crippen LogP contribution in [-0.2, 0) is 0 Å². The van der Waals surface area contributed by atoms with Crippen LogP contribution in [0.4, 0.5) is 0 Å². The molecule has 7 heteroatoms. The Kier molecular flexibility index (Phi) is 4.28. The van der Waals surface area contributed by atoms with Crippen LogP contribution < -0.4 is 11.1 Å². The van der Waals surface area contributed by atoms with Crippen molar-refractivity contribution in [2.45, 2.75) is 13.0 Å². The van der Waals surface area contributed by atoms with Gasteiger partial charge in [0.2, 0.25) is 0 Å². The molecule has 0 fully saturated rings. The van der Waals surface area contributed by atoms with Gasteiger partial charge < -0.3 is 11.1 Å². The summed E-state index contributed by atoms with van der Waals surface area (Å²) in [5.74, 6) is -0.277. The number of nitrogens with zero attached hydrogens (tertiary/aromatic N) is 3. The zero-order valence-corrected chi connectivity index (χ0v) is 12.0. The van der Waals surface area contributed by atoms with Gasteiger partial charge in [0, 0.05) is 17.1 Å². The first-order valence-corrected chi connectivity index (χ1v) is 6.58. The molecule has 1 aromatic carbocycles. The van der Waals surface area contributed by atoms with Crippen LogP contribution in [-0.4, -0.2) is 33.5 Å². The van der Waals surface area contributed by atoms with Gasteiger partial charge in [-0.25, -0.2) is 0 Å². The van der Waals surface area contributed by atoms with Crippen molar-refractivity contribution in [3.8, 4) is 5.69 Å². The van der Waals surface area contributed by atoms with Gasteiger partial charge in [-0.15, -0.1) is 5.10 Å². The van der Waals surface area contributed by atoms with Crippen LogP contribution in [0.15, 0.2) is 34.9 Å². The first-order valence-electron chi connectivity index (χ1n) is 5.79. The highest BCUT2D eigenvalue weighted by Gasteiger charge is 2.13. The lowest BCUT2D eigenvalue weighted by Gasteiger charge is -2.08. The van der Waals surface area contributed by atoms with Gasteiger partial charge in [-0.1, -0.05) is 15.9 Å². The molecule has 0 bridgehead atoms. The minimum absolute atomic E-state index is 0.0923. The third kappa shape index (κ3) is 3.39. The van der Waals surface area contributed by atoms with E-state index in [0.717, 1.165) is 10.2 Å². The average molecular weight is 324 g/mol. The van der Waals surface area contributed by atoms with Crippen molar-refractivity contribution < 1.29 is 4.79 Å². The summed E-state index contributed by atoms with van der Waals surface area (Å²) in [7, 11) is 0. The minimum atomic E-state index is -0.277. The van der Waals surface area contributed by atoms with Gasteiger partial charge in [0.25, 0.3) is 5.91 Å². The number of benzene rings is 1. The zero-order valence-electron chi connectivity index (χ0n) is 10.4. The summed E-state index contributed by atoms with van der Waals surface area (Å²) >= 11 is 3.36. The Balaban J connectivity index is 2.15. The molecule has 0 aliphatic carbocycles. The number of aromatic nitrogens is 3. The van der Waals surface area contributed by atoms with E-state index in [0.29, 0.717) is 6.54 Å². The number of amides is 1. The number of hydrogen-bond donors (Lipinski definition) is 2. The summed E-state index contributed by atoms with van der Waals surface area (Å²) in [6, 6.07) is 7.39. The van der Waals surface area contributed by atoms with Crippen LogP contribution in [0.2, 0.25) is 0 Å². The number of halogens is 1. The Hall–Kier alpha value is -1.73. The predicted octanol–water partition coefficient (Wildman–Crippen LogP) is 1.11. The summed E-state index contributed by atoms with van der Waals surface area (Å²) in [5, 5.41) is 10.9. The number of hydrogen-bond acceptors (Lipinski definition) is 4. The van der Waals surface area contributed by atoms with Crippen molar-refractivity contribution in [2.24, 2.45) is 5.73 Å². The molecule has 100 valence electrons. The molecule has 1 aromatic heterocycles. The first-order chi connectivity index (χ1) is 9.10. The van der Waals surface area contributed by atoms with Gasteiger partial charge in [0.15, 0.2) is 5.69 Å².